The predicted octanol–water partition coefficient (Wildman–Crippen LogP) is 0.760. The number of pyridine rings is 1. The average Bonchev–Trinajstić information content (AvgIpc) is 2.05. The molecule has 0 spiro atoms. The van der Waals surface area contributed by atoms with Crippen LogP contribution in [-0.2, 0) is 0 Å². The van der Waals surface area contributed by atoms with Gasteiger partial charge in [0, 0.05) is 11.6 Å². The van der Waals surface area contributed by atoms with Gasteiger partial charge in [-0.15, -0.1) is 0 Å². The van der Waals surface area contributed by atoms with Crippen molar-refractivity contribution in [3.8, 4) is 0 Å². The fraction of sp³-hybridized carbons (Fsp3) is 0.375. The second kappa shape index (κ2) is 3.34. The first kappa shape index (κ1) is 8.01. The van der Waals surface area contributed by atoms with Gasteiger partial charge < -0.3 is 10.8 Å². The van der Waals surface area contributed by atoms with Crippen molar-refractivity contribution in [2.24, 2.45) is 0 Å². The summed E-state index contributed by atoms with van der Waals surface area (Å²) in [5.41, 5.74) is 6.97. The lowest BCUT2D eigenvalue weighted by Gasteiger charge is -2.05. The molecule has 0 radical (unpaired) electrons. The molecule has 0 bridgehead atoms. The molecule has 0 unspecified atom stereocenters. The van der Waals surface area contributed by atoms with E-state index in [1.807, 2.05) is 13.0 Å². The molecule has 1 atom stereocenters. The first-order chi connectivity index (χ1) is 5.24. The van der Waals surface area contributed by atoms with Crippen LogP contribution in [0.4, 0.5) is 5.69 Å². The maximum Gasteiger partial charge on any atom is 0.0512 e. The third kappa shape index (κ3) is 1.91. The number of anilines is 1. The van der Waals surface area contributed by atoms with Gasteiger partial charge in [0.1, 0.15) is 0 Å². The Hall–Kier alpha value is -1.09. The Bertz CT molecular complexity index is 220. The van der Waals surface area contributed by atoms with Gasteiger partial charge >= 0.3 is 0 Å². The second-order valence-corrected chi connectivity index (χ2v) is 2.60. The molecule has 3 heteroatoms. The zero-order valence-corrected chi connectivity index (χ0v) is 6.49. The van der Waals surface area contributed by atoms with Crippen LogP contribution in [0.3, 0.4) is 0 Å². The van der Waals surface area contributed by atoms with Crippen LogP contribution < -0.4 is 5.73 Å². The normalized spacial score (nSPS) is 12.9. The number of aliphatic hydroxyl groups is 1. The molecule has 0 aliphatic rings. The van der Waals surface area contributed by atoms with Gasteiger partial charge in [0.2, 0.25) is 0 Å². The summed E-state index contributed by atoms with van der Waals surface area (Å²) >= 11 is 0. The van der Waals surface area contributed by atoms with E-state index in [4.69, 9.17) is 10.8 Å². The maximum atomic E-state index is 8.79. The molecular weight excluding hydrogens is 140 g/mol. The third-order valence-corrected chi connectivity index (χ3v) is 1.59. The van der Waals surface area contributed by atoms with Gasteiger partial charge in [-0.05, 0) is 12.1 Å². The zero-order chi connectivity index (χ0) is 8.27. The molecule has 0 saturated carbocycles. The van der Waals surface area contributed by atoms with Crippen LogP contribution in [-0.4, -0.2) is 16.7 Å². The van der Waals surface area contributed by atoms with E-state index in [1.165, 1.54) is 0 Å². The van der Waals surface area contributed by atoms with Crippen LogP contribution in [0.1, 0.15) is 18.5 Å². The van der Waals surface area contributed by atoms with Crippen LogP contribution >= 0.6 is 0 Å². The Kier molecular flexibility index (Phi) is 2.44. The number of nitrogen functional groups attached to an aromatic ring is 1. The smallest absolute Gasteiger partial charge is 0.0512 e. The van der Waals surface area contributed by atoms with Crippen LogP contribution in [0.5, 0.6) is 0 Å². The maximum absolute atomic E-state index is 8.79. The van der Waals surface area contributed by atoms with Crippen molar-refractivity contribution in [1.29, 1.82) is 0 Å². The van der Waals surface area contributed by atoms with Crippen molar-refractivity contribution in [2.45, 2.75) is 12.8 Å². The number of nitrogens with two attached hydrogens (primary N) is 1. The van der Waals surface area contributed by atoms with Gasteiger partial charge in [0.25, 0.3) is 0 Å². The van der Waals surface area contributed by atoms with Gasteiger partial charge in [-0.1, -0.05) is 6.92 Å². The van der Waals surface area contributed by atoms with Crippen LogP contribution in [0.15, 0.2) is 18.3 Å². The van der Waals surface area contributed by atoms with Gasteiger partial charge in [-0.2, -0.15) is 0 Å². The molecule has 0 aromatic carbocycles. The molecule has 3 nitrogen and oxygen atoms in total. The molecule has 0 saturated heterocycles. The lowest BCUT2D eigenvalue weighted by atomic mass is 10.1. The van der Waals surface area contributed by atoms with Gasteiger partial charge in [0.15, 0.2) is 0 Å². The first-order valence-corrected chi connectivity index (χ1v) is 3.56. The molecule has 0 amide bonds. The number of nitrogens with zero attached hydrogens (tertiary/aromatic N) is 1. The van der Waals surface area contributed by atoms with Crippen molar-refractivity contribution in [1.82, 2.24) is 4.98 Å². The Morgan fingerprint density at radius 2 is 2.36 bits per heavy atom. The van der Waals surface area contributed by atoms with Crippen molar-refractivity contribution in [3.05, 3.63) is 24.0 Å². The summed E-state index contributed by atoms with van der Waals surface area (Å²) in [7, 11) is 0. The summed E-state index contributed by atoms with van der Waals surface area (Å²) < 4.78 is 0. The van der Waals surface area contributed by atoms with E-state index in [9.17, 15) is 0 Å². The predicted molar refractivity (Wildman–Crippen MR) is 44.2 cm³/mol. The van der Waals surface area contributed by atoms with Crippen molar-refractivity contribution >= 4 is 5.69 Å². The summed E-state index contributed by atoms with van der Waals surface area (Å²) in [5.74, 6) is 0.0931. The quantitative estimate of drug-likeness (QED) is 0.657. The highest BCUT2D eigenvalue weighted by Gasteiger charge is 2.03. The van der Waals surface area contributed by atoms with Crippen molar-refractivity contribution in [2.75, 3.05) is 12.3 Å². The van der Waals surface area contributed by atoms with Gasteiger partial charge in [0.05, 0.1) is 18.5 Å². The van der Waals surface area contributed by atoms with Crippen molar-refractivity contribution in [3.63, 3.8) is 0 Å². The Labute approximate surface area is 65.9 Å². The number of hydrogen-bond donors (Lipinski definition) is 2. The number of aliphatic hydroxyl groups excluding tert-OH is 1. The lowest BCUT2D eigenvalue weighted by molar-refractivity contribution is 0.271. The monoisotopic (exact) mass is 152 g/mol. The molecule has 1 rings (SSSR count). The Balaban J connectivity index is 2.81. The number of aromatic nitrogens is 1. The highest BCUT2D eigenvalue weighted by atomic mass is 16.3. The fourth-order valence-corrected chi connectivity index (χ4v) is 0.802. The number of rotatable bonds is 2. The van der Waals surface area contributed by atoms with E-state index in [1.54, 1.807) is 12.3 Å². The minimum atomic E-state index is 0.0931. The molecular formula is C8H12N2O. The molecule has 0 aliphatic carbocycles. The SMILES string of the molecule is C[C@@H](CO)c1ccc(N)cn1. The van der Waals surface area contributed by atoms with E-state index in [2.05, 4.69) is 4.98 Å². The molecule has 0 aliphatic heterocycles. The standard InChI is InChI=1S/C8H12N2O/c1-6(5-11)8-3-2-7(9)4-10-8/h2-4,6,11H,5,9H2,1H3/t6-/m0/s1. The first-order valence-electron chi connectivity index (χ1n) is 3.56. The van der Waals surface area contributed by atoms with E-state index in [0.717, 1.165) is 5.69 Å². The van der Waals surface area contributed by atoms with Crippen LogP contribution in [0, 0.1) is 0 Å². The summed E-state index contributed by atoms with van der Waals surface area (Å²) in [6.45, 7) is 2.04. The molecule has 3 N–H and O–H groups in total. The lowest BCUT2D eigenvalue weighted by Crippen LogP contribution is -2.01. The van der Waals surface area contributed by atoms with E-state index < -0.39 is 0 Å². The summed E-state index contributed by atoms with van der Waals surface area (Å²) in [5, 5.41) is 8.79. The highest BCUT2D eigenvalue weighted by Crippen LogP contribution is 2.11. The minimum Gasteiger partial charge on any atom is -0.397 e. The second-order valence-electron chi connectivity index (χ2n) is 2.60. The molecule has 11 heavy (non-hydrogen) atoms. The minimum absolute atomic E-state index is 0.0931. The van der Waals surface area contributed by atoms with Crippen LogP contribution in [0.25, 0.3) is 0 Å². The molecule has 0 fully saturated rings. The van der Waals surface area contributed by atoms with E-state index in [-0.39, 0.29) is 12.5 Å². The summed E-state index contributed by atoms with van der Waals surface area (Å²) in [4.78, 5) is 4.06. The largest absolute Gasteiger partial charge is 0.397 e. The molecule has 1 aromatic heterocycles. The third-order valence-electron chi connectivity index (χ3n) is 1.59. The average molecular weight is 152 g/mol. The van der Waals surface area contributed by atoms with Crippen molar-refractivity contribution < 1.29 is 5.11 Å². The highest BCUT2D eigenvalue weighted by molar-refractivity contribution is 5.35. The molecule has 1 heterocycles. The molecule has 1 aromatic rings. The Morgan fingerprint density at radius 1 is 1.64 bits per heavy atom. The van der Waals surface area contributed by atoms with E-state index in [0.29, 0.717) is 5.69 Å². The number of hydrogen-bond acceptors (Lipinski definition) is 3. The van der Waals surface area contributed by atoms with Crippen LogP contribution in [0.2, 0.25) is 0 Å². The summed E-state index contributed by atoms with van der Waals surface area (Å²) in [6, 6.07) is 3.62. The van der Waals surface area contributed by atoms with Gasteiger partial charge in [-0.25, -0.2) is 0 Å². The fourth-order valence-electron chi connectivity index (χ4n) is 0.802. The molecule has 60 valence electrons. The topological polar surface area (TPSA) is 59.1 Å². The zero-order valence-electron chi connectivity index (χ0n) is 6.49. The van der Waals surface area contributed by atoms with Gasteiger partial charge in [-0.3, -0.25) is 4.98 Å². The van der Waals surface area contributed by atoms with E-state index >= 15 is 0 Å². The summed E-state index contributed by atoms with van der Waals surface area (Å²) in [6.07, 6.45) is 1.60. The Morgan fingerprint density at radius 3 is 2.82 bits per heavy atom.